The minimum absolute atomic E-state index is 0.212. The summed E-state index contributed by atoms with van der Waals surface area (Å²) in [6, 6.07) is 10.8. The molecule has 0 spiro atoms. The summed E-state index contributed by atoms with van der Waals surface area (Å²) < 4.78 is 56.3. The summed E-state index contributed by atoms with van der Waals surface area (Å²) in [5.74, 6) is 1.09. The molecule has 3 heterocycles. The first kappa shape index (κ1) is 20.6. The lowest BCUT2D eigenvalue weighted by atomic mass is 10.1. The van der Waals surface area contributed by atoms with Gasteiger partial charge in [-0.3, -0.25) is 4.90 Å². The zero-order chi connectivity index (χ0) is 22.3. The number of alkyl halides is 3. The molecular weight excluding hydrogens is 425 g/mol. The predicted molar refractivity (Wildman–Crippen MR) is 111 cm³/mol. The van der Waals surface area contributed by atoms with Gasteiger partial charge in [0.15, 0.2) is 11.5 Å². The molecule has 10 heteroatoms. The lowest BCUT2D eigenvalue weighted by molar-refractivity contribution is -0.144. The Balaban J connectivity index is 1.36. The maximum Gasteiger partial charge on any atom is 0.451 e. The lowest BCUT2D eigenvalue weighted by Crippen LogP contribution is -2.46. The van der Waals surface area contributed by atoms with Crippen molar-refractivity contribution >= 4 is 16.7 Å². The molecule has 0 amide bonds. The number of hydrogen-bond donors (Lipinski definition) is 0. The molecule has 0 radical (unpaired) electrons. The van der Waals surface area contributed by atoms with Crippen LogP contribution in [0.3, 0.4) is 0 Å². The second kappa shape index (κ2) is 8.01. The molecular formula is C22H21F3N4O3. The van der Waals surface area contributed by atoms with Gasteiger partial charge in [0.25, 0.3) is 0 Å². The highest BCUT2D eigenvalue weighted by atomic mass is 19.4. The molecule has 0 atom stereocenters. The number of hydrogen-bond acceptors (Lipinski definition) is 7. The molecule has 0 N–H and O–H groups in total. The van der Waals surface area contributed by atoms with E-state index in [9.17, 15) is 13.2 Å². The van der Waals surface area contributed by atoms with E-state index in [1.54, 1.807) is 12.1 Å². The van der Waals surface area contributed by atoms with Crippen LogP contribution in [0.5, 0.6) is 17.2 Å². The maximum atomic E-state index is 13.4. The van der Waals surface area contributed by atoms with E-state index in [2.05, 4.69) is 14.9 Å². The van der Waals surface area contributed by atoms with E-state index in [-0.39, 0.29) is 12.3 Å². The topological polar surface area (TPSA) is 60.0 Å². The van der Waals surface area contributed by atoms with Crippen LogP contribution in [-0.4, -0.2) is 54.9 Å². The van der Waals surface area contributed by atoms with Crippen molar-refractivity contribution in [3.63, 3.8) is 0 Å². The Morgan fingerprint density at radius 1 is 0.969 bits per heavy atom. The van der Waals surface area contributed by atoms with Crippen LogP contribution in [0.1, 0.15) is 11.4 Å². The minimum atomic E-state index is -4.63. The van der Waals surface area contributed by atoms with Gasteiger partial charge in [0, 0.05) is 44.2 Å². The highest BCUT2D eigenvalue weighted by Crippen LogP contribution is 2.35. The number of anilines is 1. The number of halogens is 3. The molecule has 2 aliphatic heterocycles. The molecule has 3 aromatic rings. The molecule has 5 rings (SSSR count). The molecule has 0 unspecified atom stereocenters. The number of benzene rings is 2. The van der Waals surface area contributed by atoms with E-state index < -0.39 is 12.0 Å². The van der Waals surface area contributed by atoms with Gasteiger partial charge in [-0.2, -0.15) is 13.2 Å². The van der Waals surface area contributed by atoms with E-state index >= 15 is 0 Å². The normalized spacial score (nSPS) is 16.6. The highest BCUT2D eigenvalue weighted by molar-refractivity contribution is 5.90. The molecule has 2 aromatic carbocycles. The third-order valence-electron chi connectivity index (χ3n) is 5.65. The first-order chi connectivity index (χ1) is 15.4. The van der Waals surface area contributed by atoms with Crippen molar-refractivity contribution in [3.05, 3.63) is 47.8 Å². The maximum absolute atomic E-state index is 13.4. The number of methoxy groups -OCH3 is 1. The molecule has 1 saturated heterocycles. The van der Waals surface area contributed by atoms with Crippen LogP contribution in [0.4, 0.5) is 19.0 Å². The van der Waals surface area contributed by atoms with Crippen LogP contribution >= 0.6 is 0 Å². The number of ether oxygens (including phenoxy) is 3. The van der Waals surface area contributed by atoms with Gasteiger partial charge in [0.05, 0.1) is 12.6 Å². The second-order valence-electron chi connectivity index (χ2n) is 7.70. The molecule has 2 aliphatic rings. The van der Waals surface area contributed by atoms with Crippen molar-refractivity contribution in [2.45, 2.75) is 12.7 Å². The van der Waals surface area contributed by atoms with Crippen molar-refractivity contribution in [1.82, 2.24) is 14.9 Å². The van der Waals surface area contributed by atoms with Crippen LogP contribution in [0.25, 0.3) is 10.9 Å². The largest absolute Gasteiger partial charge is 0.497 e. The molecule has 0 bridgehead atoms. The van der Waals surface area contributed by atoms with Crippen molar-refractivity contribution < 1.29 is 27.4 Å². The van der Waals surface area contributed by atoms with Crippen molar-refractivity contribution in [2.75, 3.05) is 45.0 Å². The average Bonchev–Trinajstić information content (AvgIpc) is 3.26. The molecule has 1 aromatic heterocycles. The van der Waals surface area contributed by atoms with E-state index in [0.717, 1.165) is 23.6 Å². The molecule has 0 aliphatic carbocycles. The van der Waals surface area contributed by atoms with Crippen molar-refractivity contribution in [1.29, 1.82) is 0 Å². The van der Waals surface area contributed by atoms with Crippen LogP contribution < -0.4 is 19.1 Å². The van der Waals surface area contributed by atoms with Gasteiger partial charge in [-0.1, -0.05) is 6.07 Å². The standard InChI is InChI=1S/C22H21F3N4O3/c1-30-15-3-4-16-17(11-15)26-21(22(23,24)25)27-20(16)29-8-6-28(7-9-29)12-14-2-5-18-19(10-14)32-13-31-18/h2-5,10-11H,6-9,12-13H2,1H3. The molecule has 0 saturated carbocycles. The van der Waals surface area contributed by atoms with Crippen LogP contribution in [0.15, 0.2) is 36.4 Å². The number of aromatic nitrogens is 2. The number of piperazine rings is 1. The SMILES string of the molecule is COc1ccc2c(N3CCN(Cc4ccc5c(c4)OCO5)CC3)nc(C(F)(F)F)nc2c1. The molecule has 168 valence electrons. The summed E-state index contributed by atoms with van der Waals surface area (Å²) in [7, 11) is 1.47. The van der Waals surface area contributed by atoms with Crippen LogP contribution in [-0.2, 0) is 12.7 Å². The molecule has 1 fully saturated rings. The summed E-state index contributed by atoms with van der Waals surface area (Å²) in [5.41, 5.74) is 1.31. The first-order valence-corrected chi connectivity index (χ1v) is 10.2. The summed E-state index contributed by atoms with van der Waals surface area (Å²) in [5, 5.41) is 0.572. The van der Waals surface area contributed by atoms with Gasteiger partial charge in [-0.25, -0.2) is 9.97 Å². The Labute approximate surface area is 182 Å². The minimum Gasteiger partial charge on any atom is -0.497 e. The van der Waals surface area contributed by atoms with Gasteiger partial charge in [-0.15, -0.1) is 0 Å². The molecule has 7 nitrogen and oxygen atoms in total. The van der Waals surface area contributed by atoms with Crippen molar-refractivity contribution in [3.8, 4) is 17.2 Å². The fourth-order valence-corrected chi connectivity index (χ4v) is 4.00. The van der Waals surface area contributed by atoms with E-state index in [1.807, 2.05) is 23.1 Å². The third-order valence-corrected chi connectivity index (χ3v) is 5.65. The Hall–Kier alpha value is -3.27. The third kappa shape index (κ3) is 3.97. The average molecular weight is 446 g/mol. The smallest absolute Gasteiger partial charge is 0.451 e. The fourth-order valence-electron chi connectivity index (χ4n) is 4.00. The Kier molecular flexibility index (Phi) is 5.16. The Morgan fingerprint density at radius 2 is 1.75 bits per heavy atom. The van der Waals surface area contributed by atoms with E-state index in [4.69, 9.17) is 14.2 Å². The zero-order valence-corrected chi connectivity index (χ0v) is 17.4. The Morgan fingerprint density at radius 3 is 2.50 bits per heavy atom. The summed E-state index contributed by atoms with van der Waals surface area (Å²) in [6.45, 7) is 3.45. The fraction of sp³-hybridized carbons (Fsp3) is 0.364. The van der Waals surface area contributed by atoms with Gasteiger partial charge in [0.2, 0.25) is 12.6 Å². The van der Waals surface area contributed by atoms with Crippen molar-refractivity contribution in [2.24, 2.45) is 0 Å². The zero-order valence-electron chi connectivity index (χ0n) is 17.4. The quantitative estimate of drug-likeness (QED) is 0.606. The van der Waals surface area contributed by atoms with Gasteiger partial charge in [0.1, 0.15) is 11.6 Å². The predicted octanol–water partition coefficient (Wildman–Crippen LogP) is 3.71. The van der Waals surface area contributed by atoms with E-state index in [0.29, 0.717) is 43.1 Å². The van der Waals surface area contributed by atoms with Gasteiger partial charge < -0.3 is 19.1 Å². The summed E-state index contributed by atoms with van der Waals surface area (Å²) in [4.78, 5) is 11.8. The molecule has 32 heavy (non-hydrogen) atoms. The van der Waals surface area contributed by atoms with Crippen LogP contribution in [0.2, 0.25) is 0 Å². The monoisotopic (exact) mass is 446 g/mol. The van der Waals surface area contributed by atoms with Crippen LogP contribution in [0, 0.1) is 0 Å². The van der Waals surface area contributed by atoms with Gasteiger partial charge >= 0.3 is 6.18 Å². The van der Waals surface area contributed by atoms with E-state index in [1.165, 1.54) is 13.2 Å². The summed E-state index contributed by atoms with van der Waals surface area (Å²) in [6.07, 6.45) is -4.63. The summed E-state index contributed by atoms with van der Waals surface area (Å²) >= 11 is 0. The first-order valence-electron chi connectivity index (χ1n) is 10.2. The second-order valence-corrected chi connectivity index (χ2v) is 7.70. The van der Waals surface area contributed by atoms with Gasteiger partial charge in [-0.05, 0) is 29.8 Å². The number of fused-ring (bicyclic) bond motifs is 2. The number of nitrogens with zero attached hydrogens (tertiary/aromatic N) is 4. The Bertz CT molecular complexity index is 1150. The lowest BCUT2D eigenvalue weighted by Gasteiger charge is -2.36. The highest BCUT2D eigenvalue weighted by Gasteiger charge is 2.36. The number of rotatable bonds is 4.